The molecule has 0 fully saturated rings. The minimum absolute atomic E-state index is 0.105. The third-order valence-electron chi connectivity index (χ3n) is 12.4. The summed E-state index contributed by atoms with van der Waals surface area (Å²) >= 11 is 0. The van der Waals surface area contributed by atoms with E-state index in [-0.39, 0.29) is 37.5 Å². The molecule has 0 aliphatic carbocycles. The van der Waals surface area contributed by atoms with Gasteiger partial charge in [-0.1, -0.05) is 234 Å². The molecule has 0 spiro atoms. The van der Waals surface area contributed by atoms with Gasteiger partial charge in [-0.15, -0.1) is 0 Å². The van der Waals surface area contributed by atoms with Crippen molar-refractivity contribution in [3.8, 4) is 0 Å². The number of carbonyl (C=O) groups is 3. The van der Waals surface area contributed by atoms with Gasteiger partial charge in [0.25, 0.3) is 0 Å². The lowest BCUT2D eigenvalue weighted by Gasteiger charge is -2.18. The molecule has 6 heteroatoms. The lowest BCUT2D eigenvalue weighted by molar-refractivity contribution is -0.166. The highest BCUT2D eigenvalue weighted by atomic mass is 16.6. The SMILES string of the molecule is CCCCC/C=C\C/C=C\C/C=C\C/C=C\C/C=C\CCC(=O)OC[C@H](COC(=O)CCCCCCC/C=C\CCCCCCCC)OC(=O)CCCCCCCCC/C=C\CCCCCCCC. The van der Waals surface area contributed by atoms with Gasteiger partial charge in [0.15, 0.2) is 6.10 Å². The van der Waals surface area contributed by atoms with Crippen LogP contribution in [-0.2, 0) is 28.6 Å². The fourth-order valence-corrected chi connectivity index (χ4v) is 7.94. The molecule has 0 aromatic rings. The Kier molecular flexibility index (Phi) is 54.3. The molecule has 396 valence electrons. The third kappa shape index (κ3) is 55.4. The molecule has 1 atom stereocenters. The fourth-order valence-electron chi connectivity index (χ4n) is 7.94. The molecule has 0 aromatic heterocycles. The Labute approximate surface area is 426 Å². The molecule has 6 nitrogen and oxygen atoms in total. The van der Waals surface area contributed by atoms with Crippen molar-refractivity contribution in [3.63, 3.8) is 0 Å². The molecular formula is C63H108O6. The van der Waals surface area contributed by atoms with Crippen molar-refractivity contribution in [1.82, 2.24) is 0 Å². The Morgan fingerprint density at radius 2 is 0.551 bits per heavy atom. The Hall–Kier alpha value is -3.41. The molecule has 0 amide bonds. The topological polar surface area (TPSA) is 78.9 Å². The molecule has 0 saturated carbocycles. The van der Waals surface area contributed by atoms with Crippen molar-refractivity contribution in [3.05, 3.63) is 85.1 Å². The normalized spacial score (nSPS) is 12.7. The van der Waals surface area contributed by atoms with E-state index in [1.54, 1.807) is 0 Å². The number of rotatable bonds is 52. The van der Waals surface area contributed by atoms with Crippen molar-refractivity contribution < 1.29 is 28.6 Å². The summed E-state index contributed by atoms with van der Waals surface area (Å²) in [6.07, 6.45) is 74.4. The summed E-state index contributed by atoms with van der Waals surface area (Å²) in [6.45, 7) is 6.54. The molecular weight excluding hydrogens is 853 g/mol. The third-order valence-corrected chi connectivity index (χ3v) is 12.4. The average Bonchev–Trinajstić information content (AvgIpc) is 3.35. The summed E-state index contributed by atoms with van der Waals surface area (Å²) in [5, 5.41) is 0. The van der Waals surface area contributed by atoms with Crippen molar-refractivity contribution in [2.45, 2.75) is 284 Å². The smallest absolute Gasteiger partial charge is 0.306 e. The van der Waals surface area contributed by atoms with E-state index in [9.17, 15) is 14.4 Å². The first kappa shape index (κ1) is 65.6. The molecule has 0 rings (SSSR count). The van der Waals surface area contributed by atoms with Crippen LogP contribution in [0.4, 0.5) is 0 Å². The highest BCUT2D eigenvalue weighted by Gasteiger charge is 2.19. The Balaban J connectivity index is 4.51. The fraction of sp³-hybridized carbons (Fsp3) is 0.730. The summed E-state index contributed by atoms with van der Waals surface area (Å²) in [7, 11) is 0. The zero-order chi connectivity index (χ0) is 50.0. The van der Waals surface area contributed by atoms with Gasteiger partial charge in [-0.2, -0.15) is 0 Å². The second kappa shape index (κ2) is 57.2. The summed E-state index contributed by atoms with van der Waals surface area (Å²) in [4.78, 5) is 38.1. The molecule has 0 unspecified atom stereocenters. The molecule has 0 aliphatic rings. The molecule has 0 radical (unpaired) electrons. The number of allylic oxidation sites excluding steroid dienone is 14. The van der Waals surface area contributed by atoms with Gasteiger partial charge in [0, 0.05) is 19.3 Å². The van der Waals surface area contributed by atoms with Crippen molar-refractivity contribution in [2.24, 2.45) is 0 Å². The van der Waals surface area contributed by atoms with Crippen LogP contribution in [0, 0.1) is 0 Å². The highest BCUT2D eigenvalue weighted by molar-refractivity contribution is 5.71. The van der Waals surface area contributed by atoms with E-state index in [1.165, 1.54) is 154 Å². The molecule has 69 heavy (non-hydrogen) atoms. The van der Waals surface area contributed by atoms with Gasteiger partial charge in [-0.3, -0.25) is 14.4 Å². The maximum atomic E-state index is 12.9. The number of hydrogen-bond acceptors (Lipinski definition) is 6. The predicted molar refractivity (Wildman–Crippen MR) is 297 cm³/mol. The Morgan fingerprint density at radius 1 is 0.290 bits per heavy atom. The number of unbranched alkanes of at least 4 members (excludes halogenated alkanes) is 27. The largest absolute Gasteiger partial charge is 0.462 e. The van der Waals surface area contributed by atoms with Crippen LogP contribution in [-0.4, -0.2) is 37.2 Å². The second-order valence-corrected chi connectivity index (χ2v) is 19.2. The zero-order valence-electron chi connectivity index (χ0n) is 45.3. The van der Waals surface area contributed by atoms with Crippen LogP contribution in [0.5, 0.6) is 0 Å². The van der Waals surface area contributed by atoms with E-state index < -0.39 is 6.10 Å². The number of hydrogen-bond donors (Lipinski definition) is 0. The lowest BCUT2D eigenvalue weighted by atomic mass is 10.1. The van der Waals surface area contributed by atoms with Gasteiger partial charge >= 0.3 is 17.9 Å². The van der Waals surface area contributed by atoms with Gasteiger partial charge in [-0.25, -0.2) is 0 Å². The summed E-state index contributed by atoms with van der Waals surface area (Å²) < 4.78 is 16.8. The quantitative estimate of drug-likeness (QED) is 0.0262. The van der Waals surface area contributed by atoms with Crippen molar-refractivity contribution in [1.29, 1.82) is 0 Å². The van der Waals surface area contributed by atoms with Gasteiger partial charge in [0.2, 0.25) is 0 Å². The standard InChI is InChI=1S/C63H108O6/c1-4-7-10-13-16-19-22-25-28-30-31-33-35-38-41-44-47-50-53-56-62(65)68-59-60(58-67-61(64)55-52-49-46-43-40-37-34-27-24-21-18-15-12-9-6-3)69-63(66)57-54-51-48-45-42-39-36-32-29-26-23-20-17-14-11-8-5-2/h16,19,25-29,31,33-34,38,41,47,50,60H,4-15,17-18,20-24,30,32,35-37,39-40,42-46,48-49,51-59H2,1-3H3/b19-16-,28-25-,29-26-,33-31-,34-27-,41-38-,50-47-/t60-/m0/s1. The van der Waals surface area contributed by atoms with Gasteiger partial charge in [-0.05, 0) is 109 Å². The zero-order valence-corrected chi connectivity index (χ0v) is 45.3. The number of ether oxygens (including phenoxy) is 3. The lowest BCUT2D eigenvalue weighted by Crippen LogP contribution is -2.30. The van der Waals surface area contributed by atoms with E-state index in [0.29, 0.717) is 19.3 Å². The first-order valence-electron chi connectivity index (χ1n) is 29.1. The van der Waals surface area contributed by atoms with Crippen molar-refractivity contribution in [2.75, 3.05) is 13.2 Å². The van der Waals surface area contributed by atoms with Gasteiger partial charge in [0.05, 0.1) is 0 Å². The highest BCUT2D eigenvalue weighted by Crippen LogP contribution is 2.14. The summed E-state index contributed by atoms with van der Waals surface area (Å²) in [5.74, 6) is -0.998. The van der Waals surface area contributed by atoms with Crippen LogP contribution in [0.1, 0.15) is 278 Å². The maximum Gasteiger partial charge on any atom is 0.306 e. The van der Waals surface area contributed by atoms with E-state index in [1.807, 2.05) is 6.08 Å². The van der Waals surface area contributed by atoms with Crippen LogP contribution >= 0.6 is 0 Å². The van der Waals surface area contributed by atoms with Crippen molar-refractivity contribution >= 4 is 17.9 Å². The molecule has 0 heterocycles. The van der Waals surface area contributed by atoms with Gasteiger partial charge < -0.3 is 14.2 Å². The predicted octanol–water partition coefficient (Wildman–Crippen LogP) is 19.5. The summed E-state index contributed by atoms with van der Waals surface area (Å²) in [5.41, 5.74) is 0. The average molecular weight is 962 g/mol. The molecule has 0 bridgehead atoms. The molecule has 0 N–H and O–H groups in total. The van der Waals surface area contributed by atoms with Crippen LogP contribution in [0.3, 0.4) is 0 Å². The molecule has 0 aliphatic heterocycles. The van der Waals surface area contributed by atoms with Crippen LogP contribution < -0.4 is 0 Å². The molecule has 0 aromatic carbocycles. The summed E-state index contributed by atoms with van der Waals surface area (Å²) in [6, 6.07) is 0. The monoisotopic (exact) mass is 961 g/mol. The van der Waals surface area contributed by atoms with E-state index >= 15 is 0 Å². The van der Waals surface area contributed by atoms with E-state index in [2.05, 4.69) is 99.8 Å². The Morgan fingerprint density at radius 3 is 0.942 bits per heavy atom. The minimum atomic E-state index is -0.813. The van der Waals surface area contributed by atoms with E-state index in [0.717, 1.165) is 77.0 Å². The van der Waals surface area contributed by atoms with Gasteiger partial charge in [0.1, 0.15) is 13.2 Å². The maximum absolute atomic E-state index is 12.9. The van der Waals surface area contributed by atoms with Crippen LogP contribution in [0.15, 0.2) is 85.1 Å². The van der Waals surface area contributed by atoms with E-state index in [4.69, 9.17) is 14.2 Å². The van der Waals surface area contributed by atoms with Crippen LogP contribution in [0.2, 0.25) is 0 Å². The molecule has 0 saturated heterocycles. The first-order chi connectivity index (χ1) is 34.0. The second-order valence-electron chi connectivity index (χ2n) is 19.2. The Bertz CT molecular complexity index is 1330. The van der Waals surface area contributed by atoms with Crippen LogP contribution in [0.25, 0.3) is 0 Å². The minimum Gasteiger partial charge on any atom is -0.462 e. The number of carbonyl (C=O) groups excluding carboxylic acids is 3. The first-order valence-corrected chi connectivity index (χ1v) is 29.1. The number of esters is 3.